The van der Waals surface area contributed by atoms with Crippen molar-refractivity contribution in [1.82, 2.24) is 4.31 Å². The first-order valence-corrected chi connectivity index (χ1v) is 8.61. The minimum Gasteiger partial charge on any atom is -0.378 e. The number of benzene rings is 1. The van der Waals surface area contributed by atoms with Crippen molar-refractivity contribution in [1.29, 1.82) is 0 Å². The number of hydrogen-bond donors (Lipinski definition) is 2. The zero-order valence-electron chi connectivity index (χ0n) is 12.6. The second kappa shape index (κ2) is 6.64. The molecule has 0 aliphatic carbocycles. The molecule has 0 radical (unpaired) electrons. The summed E-state index contributed by atoms with van der Waals surface area (Å²) >= 11 is 0. The van der Waals surface area contributed by atoms with E-state index in [9.17, 15) is 8.42 Å². The number of nitrogens with two attached hydrogens (primary N) is 1. The highest BCUT2D eigenvalue weighted by atomic mass is 32.2. The van der Waals surface area contributed by atoms with Gasteiger partial charge in [0, 0.05) is 32.9 Å². The van der Waals surface area contributed by atoms with Crippen molar-refractivity contribution in [3.05, 3.63) is 24.3 Å². The molecular formula is C14H24N4O2S. The van der Waals surface area contributed by atoms with Crippen LogP contribution in [0.1, 0.15) is 12.8 Å². The van der Waals surface area contributed by atoms with Crippen molar-refractivity contribution in [2.45, 2.75) is 12.8 Å². The van der Waals surface area contributed by atoms with E-state index in [2.05, 4.69) is 4.72 Å². The molecule has 118 valence electrons. The summed E-state index contributed by atoms with van der Waals surface area (Å²) in [5, 5.41) is 0. The summed E-state index contributed by atoms with van der Waals surface area (Å²) in [6.07, 6.45) is 1.66. The van der Waals surface area contributed by atoms with Gasteiger partial charge in [0.2, 0.25) is 0 Å². The van der Waals surface area contributed by atoms with Gasteiger partial charge in [-0.25, -0.2) is 0 Å². The minimum absolute atomic E-state index is 0.438. The average molecular weight is 312 g/mol. The second-order valence-electron chi connectivity index (χ2n) is 5.63. The standard InChI is InChI=1S/C14H24N4O2S/c1-17(2)14-5-3-4-13(10-14)16-21(19,20)18-8-6-12(11-15)7-9-18/h3-5,10,12,16H,6-9,11,15H2,1-2H3. The average Bonchev–Trinajstić information content (AvgIpc) is 2.47. The third-order valence-electron chi connectivity index (χ3n) is 3.86. The lowest BCUT2D eigenvalue weighted by Gasteiger charge is -2.30. The molecule has 1 fully saturated rings. The largest absolute Gasteiger partial charge is 0.378 e. The van der Waals surface area contributed by atoms with Crippen molar-refractivity contribution in [2.24, 2.45) is 11.7 Å². The Labute approximate surface area is 127 Å². The van der Waals surface area contributed by atoms with Crippen LogP contribution in [0.15, 0.2) is 24.3 Å². The van der Waals surface area contributed by atoms with Gasteiger partial charge in [0.05, 0.1) is 5.69 Å². The van der Waals surface area contributed by atoms with Crippen LogP contribution in [-0.4, -0.2) is 46.5 Å². The Hall–Kier alpha value is -1.31. The van der Waals surface area contributed by atoms with Crippen LogP contribution >= 0.6 is 0 Å². The van der Waals surface area contributed by atoms with Gasteiger partial charge in [-0.2, -0.15) is 12.7 Å². The highest BCUT2D eigenvalue weighted by Gasteiger charge is 2.27. The normalized spacial score (nSPS) is 17.7. The zero-order chi connectivity index (χ0) is 15.5. The van der Waals surface area contributed by atoms with E-state index in [0.717, 1.165) is 18.5 Å². The molecule has 6 nitrogen and oxygen atoms in total. The highest BCUT2D eigenvalue weighted by Crippen LogP contribution is 2.22. The van der Waals surface area contributed by atoms with Crippen LogP contribution in [0.3, 0.4) is 0 Å². The fraction of sp³-hybridized carbons (Fsp3) is 0.571. The Morgan fingerprint density at radius 1 is 1.33 bits per heavy atom. The molecule has 1 aromatic rings. The summed E-state index contributed by atoms with van der Waals surface area (Å²) in [6, 6.07) is 7.36. The molecule has 0 atom stereocenters. The number of rotatable bonds is 5. The zero-order valence-corrected chi connectivity index (χ0v) is 13.4. The van der Waals surface area contributed by atoms with E-state index in [-0.39, 0.29) is 0 Å². The molecule has 1 saturated heterocycles. The lowest BCUT2D eigenvalue weighted by atomic mass is 9.99. The molecule has 0 spiro atoms. The monoisotopic (exact) mass is 312 g/mol. The third kappa shape index (κ3) is 4.09. The molecule has 21 heavy (non-hydrogen) atoms. The lowest BCUT2D eigenvalue weighted by Crippen LogP contribution is -2.42. The molecule has 0 bridgehead atoms. The fourth-order valence-electron chi connectivity index (χ4n) is 2.45. The second-order valence-corrected chi connectivity index (χ2v) is 7.30. The Balaban J connectivity index is 2.06. The van der Waals surface area contributed by atoms with E-state index < -0.39 is 10.2 Å². The summed E-state index contributed by atoms with van der Waals surface area (Å²) in [5.74, 6) is 0.438. The van der Waals surface area contributed by atoms with Crippen molar-refractivity contribution in [3.63, 3.8) is 0 Å². The molecule has 1 aliphatic rings. The lowest BCUT2D eigenvalue weighted by molar-refractivity contribution is 0.280. The smallest absolute Gasteiger partial charge is 0.301 e. The quantitative estimate of drug-likeness (QED) is 0.853. The van der Waals surface area contributed by atoms with Gasteiger partial charge in [0.15, 0.2) is 0 Å². The van der Waals surface area contributed by atoms with Gasteiger partial charge in [-0.15, -0.1) is 0 Å². The van der Waals surface area contributed by atoms with Crippen LogP contribution in [0.25, 0.3) is 0 Å². The maximum atomic E-state index is 12.4. The Bertz CT molecular complexity index is 566. The molecule has 3 N–H and O–H groups in total. The van der Waals surface area contributed by atoms with E-state index in [4.69, 9.17) is 5.73 Å². The molecule has 2 rings (SSSR count). The maximum Gasteiger partial charge on any atom is 0.301 e. The summed E-state index contributed by atoms with van der Waals surface area (Å²) in [7, 11) is 0.357. The molecular weight excluding hydrogens is 288 g/mol. The van der Waals surface area contributed by atoms with Crippen LogP contribution in [0.2, 0.25) is 0 Å². The molecule has 7 heteroatoms. The van der Waals surface area contributed by atoms with E-state index in [0.29, 0.717) is 31.2 Å². The predicted molar refractivity (Wildman–Crippen MR) is 86.7 cm³/mol. The van der Waals surface area contributed by atoms with Crippen molar-refractivity contribution in [2.75, 3.05) is 43.4 Å². The molecule has 0 saturated carbocycles. The molecule has 0 amide bonds. The van der Waals surface area contributed by atoms with Crippen LogP contribution in [0.5, 0.6) is 0 Å². The summed E-state index contributed by atoms with van der Waals surface area (Å²) in [6.45, 7) is 1.70. The van der Waals surface area contributed by atoms with Crippen LogP contribution in [0, 0.1) is 5.92 Å². The van der Waals surface area contributed by atoms with E-state index in [1.54, 1.807) is 6.07 Å². The summed E-state index contributed by atoms with van der Waals surface area (Å²) in [5.41, 5.74) is 7.18. The molecule has 0 aromatic heterocycles. The Morgan fingerprint density at radius 3 is 2.57 bits per heavy atom. The van der Waals surface area contributed by atoms with Gasteiger partial charge in [0.25, 0.3) is 0 Å². The minimum atomic E-state index is -3.49. The van der Waals surface area contributed by atoms with Crippen molar-refractivity contribution >= 4 is 21.6 Å². The first-order chi connectivity index (χ1) is 9.92. The van der Waals surface area contributed by atoms with Gasteiger partial charge in [-0.3, -0.25) is 4.72 Å². The third-order valence-corrected chi connectivity index (χ3v) is 5.39. The maximum absolute atomic E-state index is 12.4. The topological polar surface area (TPSA) is 78.7 Å². The van der Waals surface area contributed by atoms with Crippen LogP contribution in [0.4, 0.5) is 11.4 Å². The number of anilines is 2. The fourth-order valence-corrected chi connectivity index (χ4v) is 3.69. The molecule has 1 aliphatic heterocycles. The predicted octanol–water partition coefficient (Wildman–Crippen LogP) is 1.08. The number of nitrogens with one attached hydrogen (secondary N) is 1. The summed E-state index contributed by atoms with van der Waals surface area (Å²) < 4.78 is 29.0. The Morgan fingerprint density at radius 2 is 2.00 bits per heavy atom. The van der Waals surface area contributed by atoms with E-state index >= 15 is 0 Å². The van der Waals surface area contributed by atoms with E-state index in [1.165, 1.54) is 4.31 Å². The number of hydrogen-bond acceptors (Lipinski definition) is 4. The molecule has 1 aromatic carbocycles. The van der Waals surface area contributed by atoms with Crippen molar-refractivity contribution < 1.29 is 8.42 Å². The van der Waals surface area contributed by atoms with Crippen molar-refractivity contribution in [3.8, 4) is 0 Å². The first-order valence-electron chi connectivity index (χ1n) is 7.17. The van der Waals surface area contributed by atoms with Gasteiger partial charge in [0.1, 0.15) is 0 Å². The highest BCUT2D eigenvalue weighted by molar-refractivity contribution is 7.90. The van der Waals surface area contributed by atoms with Crippen LogP contribution < -0.4 is 15.4 Å². The summed E-state index contributed by atoms with van der Waals surface area (Å²) in [4.78, 5) is 1.94. The van der Waals surface area contributed by atoms with E-state index in [1.807, 2.05) is 37.2 Å². The first kappa shape index (κ1) is 16.1. The number of piperidine rings is 1. The molecule has 0 unspecified atom stereocenters. The van der Waals surface area contributed by atoms with Gasteiger partial charge < -0.3 is 10.6 Å². The molecule has 1 heterocycles. The van der Waals surface area contributed by atoms with Gasteiger partial charge >= 0.3 is 10.2 Å². The SMILES string of the molecule is CN(C)c1cccc(NS(=O)(=O)N2CCC(CN)CC2)c1. The Kier molecular flexibility index (Phi) is 5.08. The van der Waals surface area contributed by atoms with Crippen LogP contribution in [-0.2, 0) is 10.2 Å². The van der Waals surface area contributed by atoms with Gasteiger partial charge in [-0.05, 0) is 43.5 Å². The number of nitrogens with zero attached hydrogens (tertiary/aromatic N) is 2. The van der Waals surface area contributed by atoms with Gasteiger partial charge in [-0.1, -0.05) is 6.07 Å².